The van der Waals surface area contributed by atoms with Gasteiger partial charge < -0.3 is 4.57 Å². The number of hydrogen-bond acceptors (Lipinski definition) is 4. The number of fused-ring (bicyclic) bond motifs is 1. The van der Waals surface area contributed by atoms with Crippen LogP contribution in [0.3, 0.4) is 0 Å². The number of amides is 1. The van der Waals surface area contributed by atoms with Crippen molar-refractivity contribution in [3.05, 3.63) is 58.7 Å². The molecule has 0 radical (unpaired) electrons. The highest BCUT2D eigenvalue weighted by Crippen LogP contribution is 2.30. The van der Waals surface area contributed by atoms with Crippen molar-refractivity contribution in [2.24, 2.45) is 10.1 Å². The fourth-order valence-corrected chi connectivity index (χ4v) is 4.09. The fourth-order valence-electron chi connectivity index (χ4n) is 3.27. The Morgan fingerprint density at radius 2 is 2.04 bits per heavy atom. The average molecular weight is 395 g/mol. The number of rotatable bonds is 3. The Kier molecular flexibility index (Phi) is 4.50. The molecule has 142 valence electrons. The van der Waals surface area contributed by atoms with Gasteiger partial charge in [-0.25, -0.2) is 4.39 Å². The van der Waals surface area contributed by atoms with Gasteiger partial charge in [-0.3, -0.25) is 10.2 Å². The van der Waals surface area contributed by atoms with Gasteiger partial charge in [0.2, 0.25) is 5.17 Å². The van der Waals surface area contributed by atoms with Crippen LogP contribution in [0.2, 0.25) is 0 Å². The zero-order valence-electron chi connectivity index (χ0n) is 15.7. The predicted octanol–water partition coefficient (Wildman–Crippen LogP) is 4.26. The first-order chi connectivity index (χ1) is 13.4. The summed E-state index contributed by atoms with van der Waals surface area (Å²) in [4.78, 5) is 16.6. The summed E-state index contributed by atoms with van der Waals surface area (Å²) in [5, 5.41) is 15.4. The maximum Gasteiger partial charge on any atom is 0.283 e. The standard InChI is InChI=1S/C20H18FN5OS/c1-4-17-24-26-18(22)14(19(27)23-20(26)28-17)10-13-9-11(2)25(12(13)3)16-8-6-5-7-15(16)21/h5-10,22H,4H2,1-3H3. The molecule has 0 aliphatic carbocycles. The van der Waals surface area contributed by atoms with Gasteiger partial charge in [-0.15, -0.1) is 0 Å². The number of aromatic nitrogens is 1. The molecule has 0 saturated carbocycles. The molecule has 2 aliphatic rings. The first kappa shape index (κ1) is 18.4. The van der Waals surface area contributed by atoms with Gasteiger partial charge in [-0.1, -0.05) is 19.1 Å². The van der Waals surface area contributed by atoms with Crippen molar-refractivity contribution in [1.82, 2.24) is 9.58 Å². The number of hydrazone groups is 1. The van der Waals surface area contributed by atoms with Crippen LogP contribution >= 0.6 is 11.8 Å². The van der Waals surface area contributed by atoms with E-state index in [1.165, 1.54) is 22.8 Å². The van der Waals surface area contributed by atoms with E-state index in [-0.39, 0.29) is 17.2 Å². The molecule has 1 aromatic heterocycles. The summed E-state index contributed by atoms with van der Waals surface area (Å²) in [6, 6.07) is 8.41. The molecule has 8 heteroatoms. The van der Waals surface area contributed by atoms with Crippen molar-refractivity contribution in [2.45, 2.75) is 27.2 Å². The zero-order chi connectivity index (χ0) is 20.0. The van der Waals surface area contributed by atoms with Gasteiger partial charge in [0, 0.05) is 11.4 Å². The molecule has 0 fully saturated rings. The fraction of sp³-hybridized carbons (Fsp3) is 0.200. The van der Waals surface area contributed by atoms with Gasteiger partial charge >= 0.3 is 0 Å². The van der Waals surface area contributed by atoms with E-state index in [9.17, 15) is 9.18 Å². The molecule has 0 bridgehead atoms. The zero-order valence-corrected chi connectivity index (χ0v) is 16.5. The second-order valence-corrected chi connectivity index (χ2v) is 7.52. The van der Waals surface area contributed by atoms with Crippen molar-refractivity contribution in [2.75, 3.05) is 0 Å². The van der Waals surface area contributed by atoms with Crippen LogP contribution in [0.4, 0.5) is 4.39 Å². The maximum absolute atomic E-state index is 14.3. The average Bonchev–Trinajstić information content (AvgIpc) is 3.20. The lowest BCUT2D eigenvalue weighted by Crippen LogP contribution is -2.35. The summed E-state index contributed by atoms with van der Waals surface area (Å²) in [6.07, 6.45) is 2.35. The molecule has 0 saturated heterocycles. The Hall–Kier alpha value is -3.00. The Balaban J connectivity index is 1.78. The third-order valence-corrected chi connectivity index (χ3v) is 5.72. The van der Waals surface area contributed by atoms with E-state index in [1.807, 2.05) is 26.8 Å². The van der Waals surface area contributed by atoms with E-state index in [1.54, 1.807) is 28.8 Å². The van der Waals surface area contributed by atoms with Gasteiger partial charge in [0.1, 0.15) is 10.9 Å². The number of thioether (sulfide) groups is 1. The molecule has 0 atom stereocenters. The van der Waals surface area contributed by atoms with E-state index in [0.717, 1.165) is 22.0 Å². The number of nitrogens with one attached hydrogen (secondary N) is 1. The Morgan fingerprint density at radius 1 is 1.29 bits per heavy atom. The van der Waals surface area contributed by atoms with Crippen LogP contribution in [0, 0.1) is 25.1 Å². The number of aryl methyl sites for hydroxylation is 1. The third kappa shape index (κ3) is 2.90. The minimum Gasteiger partial charge on any atom is -0.315 e. The largest absolute Gasteiger partial charge is 0.315 e. The van der Waals surface area contributed by atoms with Gasteiger partial charge in [0.15, 0.2) is 5.84 Å². The summed E-state index contributed by atoms with van der Waals surface area (Å²) in [7, 11) is 0. The topological polar surface area (TPSA) is 73.8 Å². The van der Waals surface area contributed by atoms with Crippen LogP contribution in [0.1, 0.15) is 30.3 Å². The number of hydrogen-bond donors (Lipinski definition) is 1. The highest BCUT2D eigenvalue weighted by Gasteiger charge is 2.35. The monoisotopic (exact) mass is 395 g/mol. The molecule has 6 nitrogen and oxygen atoms in total. The molecule has 3 heterocycles. The Bertz CT molecular complexity index is 1110. The smallest absolute Gasteiger partial charge is 0.283 e. The number of aliphatic imine (C=N–C) groups is 1. The molecule has 0 spiro atoms. The normalized spacial score (nSPS) is 17.9. The lowest BCUT2D eigenvalue weighted by Gasteiger charge is -2.20. The Morgan fingerprint density at radius 3 is 2.75 bits per heavy atom. The predicted molar refractivity (Wildman–Crippen MR) is 111 cm³/mol. The lowest BCUT2D eigenvalue weighted by molar-refractivity contribution is -0.114. The van der Waals surface area contributed by atoms with Crippen molar-refractivity contribution in [3.63, 3.8) is 0 Å². The second kappa shape index (κ2) is 6.87. The van der Waals surface area contributed by atoms with Crippen LogP contribution < -0.4 is 0 Å². The molecular weight excluding hydrogens is 377 g/mol. The van der Waals surface area contributed by atoms with Crippen LogP contribution in [0.5, 0.6) is 0 Å². The highest BCUT2D eigenvalue weighted by molar-refractivity contribution is 8.26. The number of carbonyl (C=O) groups is 1. The van der Waals surface area contributed by atoms with Crippen LogP contribution in [0.15, 0.2) is 46.0 Å². The van der Waals surface area contributed by atoms with Crippen molar-refractivity contribution < 1.29 is 9.18 Å². The lowest BCUT2D eigenvalue weighted by atomic mass is 10.1. The molecule has 4 rings (SSSR count). The minimum atomic E-state index is -0.466. The van der Waals surface area contributed by atoms with Gasteiger partial charge in [-0.05, 0) is 61.9 Å². The molecule has 1 amide bonds. The second-order valence-electron chi connectivity index (χ2n) is 6.48. The molecule has 28 heavy (non-hydrogen) atoms. The van der Waals surface area contributed by atoms with Gasteiger partial charge in [0.05, 0.1) is 11.3 Å². The van der Waals surface area contributed by atoms with E-state index < -0.39 is 5.91 Å². The van der Waals surface area contributed by atoms with Crippen LogP contribution in [0.25, 0.3) is 11.8 Å². The van der Waals surface area contributed by atoms with E-state index in [2.05, 4.69) is 10.1 Å². The van der Waals surface area contributed by atoms with E-state index in [0.29, 0.717) is 17.3 Å². The van der Waals surface area contributed by atoms with Crippen LogP contribution in [-0.2, 0) is 4.79 Å². The number of carbonyl (C=O) groups excluding carboxylic acids is 1. The molecule has 2 aromatic rings. The summed E-state index contributed by atoms with van der Waals surface area (Å²) >= 11 is 1.31. The molecule has 1 N–H and O–H groups in total. The first-order valence-corrected chi connectivity index (χ1v) is 9.65. The van der Waals surface area contributed by atoms with E-state index >= 15 is 0 Å². The van der Waals surface area contributed by atoms with Crippen molar-refractivity contribution >= 4 is 39.8 Å². The maximum atomic E-state index is 14.3. The number of amidine groups is 2. The number of para-hydroxylation sites is 1. The van der Waals surface area contributed by atoms with Crippen molar-refractivity contribution in [3.8, 4) is 5.69 Å². The summed E-state index contributed by atoms with van der Waals surface area (Å²) in [6.45, 7) is 5.70. The Labute approximate surface area is 166 Å². The molecule has 0 unspecified atom stereocenters. The van der Waals surface area contributed by atoms with Gasteiger partial charge in [0.25, 0.3) is 5.91 Å². The van der Waals surface area contributed by atoms with E-state index in [4.69, 9.17) is 5.41 Å². The van der Waals surface area contributed by atoms with Crippen LogP contribution in [-0.4, -0.2) is 31.5 Å². The number of halogens is 1. The number of benzene rings is 1. The molecule has 2 aliphatic heterocycles. The third-order valence-electron chi connectivity index (χ3n) is 4.66. The van der Waals surface area contributed by atoms with Crippen molar-refractivity contribution in [1.29, 1.82) is 5.41 Å². The first-order valence-electron chi connectivity index (χ1n) is 8.83. The molecule has 1 aromatic carbocycles. The number of nitrogens with zero attached hydrogens (tertiary/aromatic N) is 4. The molecular formula is C20H18FN5OS. The van der Waals surface area contributed by atoms with Gasteiger partial charge in [-0.2, -0.15) is 15.1 Å². The summed E-state index contributed by atoms with van der Waals surface area (Å²) < 4.78 is 16.1. The quantitative estimate of drug-likeness (QED) is 0.789. The summed E-state index contributed by atoms with van der Waals surface area (Å²) in [5.41, 5.74) is 2.95. The SMILES string of the molecule is CCC1=NN2C(=N)C(=Cc3cc(C)n(-c4ccccc4F)c3C)C(=O)N=C2S1. The minimum absolute atomic E-state index is 0.00152. The highest BCUT2D eigenvalue weighted by atomic mass is 32.2. The summed E-state index contributed by atoms with van der Waals surface area (Å²) in [5.74, 6) is -0.789.